The summed E-state index contributed by atoms with van der Waals surface area (Å²) in [4.78, 5) is 11.7. The summed E-state index contributed by atoms with van der Waals surface area (Å²) in [6.07, 6.45) is 0. The first-order valence-corrected chi connectivity index (χ1v) is 6.33. The number of furan rings is 1. The van der Waals surface area contributed by atoms with Crippen LogP contribution < -0.4 is 0 Å². The molecule has 2 nitrogen and oxygen atoms in total. The molecule has 0 radical (unpaired) electrons. The summed E-state index contributed by atoms with van der Waals surface area (Å²) in [5.41, 5.74) is 2.03. The molecular weight excluding hydrogens is 260 g/mol. The summed E-state index contributed by atoms with van der Waals surface area (Å²) < 4.78 is 5.79. The van der Waals surface area contributed by atoms with E-state index in [0.29, 0.717) is 16.3 Å². The summed E-state index contributed by atoms with van der Waals surface area (Å²) in [7, 11) is 0. The van der Waals surface area contributed by atoms with E-state index in [1.54, 1.807) is 6.07 Å². The van der Waals surface area contributed by atoms with Gasteiger partial charge < -0.3 is 4.42 Å². The Morgan fingerprint density at radius 3 is 2.63 bits per heavy atom. The molecule has 19 heavy (non-hydrogen) atoms. The highest BCUT2D eigenvalue weighted by atomic mass is 35.5. The number of carbonyl (C=O) groups excluding carboxylic acids is 1. The van der Waals surface area contributed by atoms with E-state index in [1.807, 2.05) is 42.5 Å². The number of ketones is 1. The lowest BCUT2D eigenvalue weighted by Gasteiger charge is -2.05. The average molecular weight is 271 g/mol. The van der Waals surface area contributed by atoms with Crippen molar-refractivity contribution in [3.05, 3.63) is 59.1 Å². The third-order valence-corrected chi connectivity index (χ3v) is 3.37. The Morgan fingerprint density at radius 1 is 1.11 bits per heavy atom. The lowest BCUT2D eigenvalue weighted by molar-refractivity contribution is 0.101. The number of hydrogen-bond donors (Lipinski definition) is 0. The molecule has 0 saturated carbocycles. The molecule has 0 aliphatic rings. The lowest BCUT2D eigenvalue weighted by Crippen LogP contribution is -1.96. The van der Waals surface area contributed by atoms with Crippen LogP contribution in [0.1, 0.15) is 17.3 Å². The maximum Gasteiger partial charge on any atom is 0.162 e. The fourth-order valence-electron chi connectivity index (χ4n) is 2.20. The Hall–Kier alpha value is -2.06. The smallest absolute Gasteiger partial charge is 0.162 e. The van der Waals surface area contributed by atoms with E-state index in [0.717, 1.165) is 16.5 Å². The molecule has 0 fully saturated rings. The fourth-order valence-corrected chi connectivity index (χ4v) is 2.51. The van der Waals surface area contributed by atoms with Gasteiger partial charge in [-0.2, -0.15) is 0 Å². The number of para-hydroxylation sites is 1. The van der Waals surface area contributed by atoms with Crippen LogP contribution in [0.5, 0.6) is 0 Å². The molecule has 3 aromatic rings. The molecular formula is C16H11ClO2. The Kier molecular flexibility index (Phi) is 2.88. The second-order valence-electron chi connectivity index (χ2n) is 4.37. The second kappa shape index (κ2) is 4.56. The van der Waals surface area contributed by atoms with Crippen molar-refractivity contribution < 1.29 is 9.21 Å². The van der Waals surface area contributed by atoms with E-state index in [9.17, 15) is 4.79 Å². The third kappa shape index (κ3) is 2.04. The monoisotopic (exact) mass is 270 g/mol. The molecule has 0 aliphatic carbocycles. The average Bonchev–Trinajstić information content (AvgIpc) is 2.81. The Balaban J connectivity index is 2.27. The van der Waals surface area contributed by atoms with Crippen molar-refractivity contribution in [2.75, 3.05) is 0 Å². The minimum Gasteiger partial charge on any atom is -0.456 e. The van der Waals surface area contributed by atoms with Crippen molar-refractivity contribution in [1.29, 1.82) is 0 Å². The number of hydrogen-bond acceptors (Lipinski definition) is 2. The largest absolute Gasteiger partial charge is 0.456 e. The minimum atomic E-state index is -0.0685. The topological polar surface area (TPSA) is 30.2 Å². The van der Waals surface area contributed by atoms with Gasteiger partial charge in [0.25, 0.3) is 0 Å². The summed E-state index contributed by atoms with van der Waals surface area (Å²) in [6.45, 7) is 1.51. The zero-order valence-electron chi connectivity index (χ0n) is 10.3. The predicted octanol–water partition coefficient (Wildman–Crippen LogP) is 4.96. The third-order valence-electron chi connectivity index (χ3n) is 3.06. The molecule has 0 saturated heterocycles. The first kappa shape index (κ1) is 12.0. The molecule has 3 heteroatoms. The van der Waals surface area contributed by atoms with Crippen molar-refractivity contribution in [3.63, 3.8) is 0 Å². The molecule has 0 aliphatic heterocycles. The van der Waals surface area contributed by atoms with Crippen LogP contribution >= 0.6 is 11.6 Å². The lowest BCUT2D eigenvalue weighted by atomic mass is 10.0. The summed E-state index contributed by atoms with van der Waals surface area (Å²) in [6, 6.07) is 15.0. The van der Waals surface area contributed by atoms with Crippen molar-refractivity contribution in [2.24, 2.45) is 0 Å². The number of carbonyl (C=O) groups is 1. The maximum atomic E-state index is 11.7. The highest BCUT2D eigenvalue weighted by Gasteiger charge is 2.16. The van der Waals surface area contributed by atoms with Crippen LogP contribution in [0, 0.1) is 0 Å². The Morgan fingerprint density at radius 2 is 1.89 bits per heavy atom. The fraction of sp³-hybridized carbons (Fsp3) is 0.0625. The van der Waals surface area contributed by atoms with Crippen LogP contribution in [0.25, 0.3) is 22.3 Å². The molecule has 1 heterocycles. The Labute approximate surface area is 115 Å². The van der Waals surface area contributed by atoms with Gasteiger partial charge in [-0.25, -0.2) is 0 Å². The molecule has 94 valence electrons. The standard InChI is InChI=1S/C16H11ClO2/c1-10(18)16-12(6-4-7-13(16)17)15-9-11-5-2-3-8-14(11)19-15/h2-9H,1H3. The molecule has 0 N–H and O–H groups in total. The second-order valence-corrected chi connectivity index (χ2v) is 4.77. The first-order chi connectivity index (χ1) is 9.16. The molecule has 1 aromatic heterocycles. The van der Waals surface area contributed by atoms with Crippen LogP contribution in [-0.2, 0) is 0 Å². The van der Waals surface area contributed by atoms with E-state index >= 15 is 0 Å². The number of Topliss-reactive ketones (excluding diaryl/α,β-unsaturated/α-hetero) is 1. The van der Waals surface area contributed by atoms with Crippen molar-refractivity contribution in [2.45, 2.75) is 6.92 Å². The van der Waals surface area contributed by atoms with Crippen LogP contribution in [0.2, 0.25) is 5.02 Å². The van der Waals surface area contributed by atoms with Gasteiger partial charge in [0.2, 0.25) is 0 Å². The van der Waals surface area contributed by atoms with E-state index in [2.05, 4.69) is 0 Å². The zero-order valence-corrected chi connectivity index (χ0v) is 11.1. The van der Waals surface area contributed by atoms with Gasteiger partial charge in [-0.05, 0) is 25.1 Å². The first-order valence-electron chi connectivity index (χ1n) is 5.95. The number of fused-ring (bicyclic) bond motifs is 1. The molecule has 0 atom stereocenters. The summed E-state index contributed by atoms with van der Waals surface area (Å²) in [5.74, 6) is 0.593. The van der Waals surface area contributed by atoms with Gasteiger partial charge in [0.1, 0.15) is 11.3 Å². The van der Waals surface area contributed by atoms with Crippen LogP contribution in [-0.4, -0.2) is 5.78 Å². The van der Waals surface area contributed by atoms with E-state index < -0.39 is 0 Å². The molecule has 3 rings (SSSR count). The van der Waals surface area contributed by atoms with Gasteiger partial charge in [-0.15, -0.1) is 0 Å². The van der Waals surface area contributed by atoms with Gasteiger partial charge >= 0.3 is 0 Å². The van der Waals surface area contributed by atoms with Crippen LogP contribution in [0.4, 0.5) is 0 Å². The van der Waals surface area contributed by atoms with Crippen molar-refractivity contribution >= 4 is 28.4 Å². The van der Waals surface area contributed by atoms with Gasteiger partial charge in [0.05, 0.1) is 5.02 Å². The molecule has 0 spiro atoms. The molecule has 0 amide bonds. The highest BCUT2D eigenvalue weighted by molar-refractivity contribution is 6.34. The van der Waals surface area contributed by atoms with Crippen molar-refractivity contribution in [3.8, 4) is 11.3 Å². The van der Waals surface area contributed by atoms with Gasteiger partial charge in [0, 0.05) is 16.5 Å². The molecule has 0 unspecified atom stereocenters. The molecule has 0 bridgehead atoms. The van der Waals surface area contributed by atoms with E-state index in [1.165, 1.54) is 6.92 Å². The maximum absolute atomic E-state index is 11.7. The van der Waals surface area contributed by atoms with Gasteiger partial charge in [-0.3, -0.25) is 4.79 Å². The predicted molar refractivity (Wildman–Crippen MR) is 76.7 cm³/mol. The molecule has 2 aromatic carbocycles. The number of benzene rings is 2. The Bertz CT molecular complexity index is 738. The summed E-state index contributed by atoms with van der Waals surface area (Å²) >= 11 is 6.11. The highest BCUT2D eigenvalue weighted by Crippen LogP contribution is 2.33. The van der Waals surface area contributed by atoms with Gasteiger partial charge in [-0.1, -0.05) is 41.9 Å². The van der Waals surface area contributed by atoms with Gasteiger partial charge in [0.15, 0.2) is 5.78 Å². The number of halogens is 1. The normalized spacial score (nSPS) is 10.8. The van der Waals surface area contributed by atoms with Crippen LogP contribution in [0.15, 0.2) is 52.9 Å². The SMILES string of the molecule is CC(=O)c1c(Cl)cccc1-c1cc2ccccc2o1. The van der Waals surface area contributed by atoms with Crippen molar-refractivity contribution in [1.82, 2.24) is 0 Å². The zero-order chi connectivity index (χ0) is 13.4. The van der Waals surface area contributed by atoms with E-state index in [-0.39, 0.29) is 5.78 Å². The minimum absolute atomic E-state index is 0.0685. The van der Waals surface area contributed by atoms with Crippen LogP contribution in [0.3, 0.4) is 0 Å². The quantitative estimate of drug-likeness (QED) is 0.616. The number of rotatable bonds is 2. The van der Waals surface area contributed by atoms with E-state index in [4.69, 9.17) is 16.0 Å². The summed E-state index contributed by atoms with van der Waals surface area (Å²) in [5, 5.41) is 1.46.